The van der Waals surface area contributed by atoms with Gasteiger partial charge in [-0.3, -0.25) is 16.0 Å². The highest BCUT2D eigenvalue weighted by atomic mass is 16.7. The Morgan fingerprint density at radius 2 is 2.20 bits per heavy atom. The van der Waals surface area contributed by atoms with Crippen LogP contribution in [0.4, 0.5) is 0 Å². The van der Waals surface area contributed by atoms with Crippen molar-refractivity contribution in [2.45, 2.75) is 18.8 Å². The van der Waals surface area contributed by atoms with E-state index in [0.717, 1.165) is 5.69 Å². The van der Waals surface area contributed by atoms with E-state index in [4.69, 9.17) is 15.3 Å². The molecule has 0 aliphatic heterocycles. The summed E-state index contributed by atoms with van der Waals surface area (Å²) in [4.78, 5) is 0. The van der Waals surface area contributed by atoms with Crippen LogP contribution in [-0.2, 0) is 22.9 Å². The minimum absolute atomic E-state index is 0.156. The molecule has 0 aliphatic carbocycles. The first kappa shape index (κ1) is 12.1. The molecule has 0 amide bonds. The quantitative estimate of drug-likeness (QED) is 0.352. The van der Waals surface area contributed by atoms with Crippen molar-refractivity contribution < 1.29 is 9.47 Å². The van der Waals surface area contributed by atoms with Gasteiger partial charge in [-0.15, -0.1) is 5.10 Å². The van der Waals surface area contributed by atoms with E-state index in [-0.39, 0.29) is 6.04 Å². The zero-order chi connectivity index (χ0) is 11.3. The number of methoxy groups -OCH3 is 2. The fraction of sp³-hybridized carbons (Fsp3) is 0.750. The van der Waals surface area contributed by atoms with Gasteiger partial charge in [0.1, 0.15) is 0 Å². The van der Waals surface area contributed by atoms with Crippen LogP contribution in [0.15, 0.2) is 6.20 Å². The Bertz CT molecular complexity index is 286. The number of hydrogen-bond donors (Lipinski definition) is 2. The monoisotopic (exact) mass is 215 g/mol. The molecule has 0 aromatic carbocycles. The van der Waals surface area contributed by atoms with Crippen LogP contribution in [0.1, 0.15) is 5.69 Å². The molecule has 0 saturated heterocycles. The third-order valence-corrected chi connectivity index (χ3v) is 2.09. The maximum Gasteiger partial charge on any atom is 0.173 e. The van der Waals surface area contributed by atoms with Gasteiger partial charge in [0.05, 0.1) is 11.7 Å². The van der Waals surface area contributed by atoms with Gasteiger partial charge in [0.2, 0.25) is 0 Å². The van der Waals surface area contributed by atoms with Crippen LogP contribution >= 0.6 is 0 Å². The van der Waals surface area contributed by atoms with E-state index in [1.54, 1.807) is 18.9 Å². The minimum Gasteiger partial charge on any atom is -0.354 e. The summed E-state index contributed by atoms with van der Waals surface area (Å²) in [6.07, 6.45) is 2.01. The standard InChI is InChI=1S/C8H17N5O2/c1-13-5-6(11-12-13)4-7(10-9)8(14-2)15-3/h5,7-8,10H,4,9H2,1-3H3. The minimum atomic E-state index is -0.406. The van der Waals surface area contributed by atoms with Gasteiger partial charge in [0.15, 0.2) is 6.29 Å². The zero-order valence-corrected chi connectivity index (χ0v) is 9.17. The summed E-state index contributed by atoms with van der Waals surface area (Å²) < 4.78 is 11.9. The summed E-state index contributed by atoms with van der Waals surface area (Å²) in [6, 6.07) is -0.156. The molecular formula is C8H17N5O2. The summed E-state index contributed by atoms with van der Waals surface area (Å²) in [5, 5.41) is 7.79. The van der Waals surface area contributed by atoms with Crippen molar-refractivity contribution in [3.63, 3.8) is 0 Å². The van der Waals surface area contributed by atoms with Gasteiger partial charge in [-0.05, 0) is 0 Å². The van der Waals surface area contributed by atoms with E-state index >= 15 is 0 Å². The van der Waals surface area contributed by atoms with Gasteiger partial charge in [-0.2, -0.15) is 0 Å². The largest absolute Gasteiger partial charge is 0.354 e. The lowest BCUT2D eigenvalue weighted by atomic mass is 10.1. The Hall–Kier alpha value is -1.02. The summed E-state index contributed by atoms with van der Waals surface area (Å²) in [6.45, 7) is 0. The van der Waals surface area contributed by atoms with Gasteiger partial charge in [-0.25, -0.2) is 0 Å². The summed E-state index contributed by atoms with van der Waals surface area (Å²) >= 11 is 0. The highest BCUT2D eigenvalue weighted by molar-refractivity contribution is 4.96. The molecule has 0 spiro atoms. The molecule has 1 aromatic heterocycles. The van der Waals surface area contributed by atoms with Crippen molar-refractivity contribution in [1.29, 1.82) is 0 Å². The Morgan fingerprint density at radius 1 is 1.53 bits per heavy atom. The number of nitrogens with two attached hydrogens (primary N) is 1. The smallest absolute Gasteiger partial charge is 0.173 e. The molecule has 0 saturated carbocycles. The van der Waals surface area contributed by atoms with Gasteiger partial charge in [0, 0.05) is 33.9 Å². The van der Waals surface area contributed by atoms with Crippen LogP contribution in [0.2, 0.25) is 0 Å². The van der Waals surface area contributed by atoms with Crippen LogP contribution in [0.25, 0.3) is 0 Å². The van der Waals surface area contributed by atoms with Crippen LogP contribution in [0.5, 0.6) is 0 Å². The molecule has 86 valence electrons. The molecule has 1 atom stereocenters. The van der Waals surface area contributed by atoms with Crippen molar-refractivity contribution in [3.05, 3.63) is 11.9 Å². The number of ether oxygens (including phenoxy) is 2. The topological polar surface area (TPSA) is 87.2 Å². The third kappa shape index (κ3) is 3.24. The first-order valence-corrected chi connectivity index (χ1v) is 4.58. The second kappa shape index (κ2) is 5.76. The Labute approximate surface area is 88.5 Å². The zero-order valence-electron chi connectivity index (χ0n) is 9.17. The lowest BCUT2D eigenvalue weighted by Gasteiger charge is -2.22. The fourth-order valence-electron chi connectivity index (χ4n) is 1.37. The van der Waals surface area contributed by atoms with Crippen molar-refractivity contribution in [2.75, 3.05) is 14.2 Å². The molecule has 0 bridgehead atoms. The number of hydrazine groups is 1. The van der Waals surface area contributed by atoms with Crippen LogP contribution in [-0.4, -0.2) is 41.5 Å². The second-order valence-corrected chi connectivity index (χ2v) is 3.20. The second-order valence-electron chi connectivity index (χ2n) is 3.20. The van der Waals surface area contributed by atoms with Crippen LogP contribution in [0, 0.1) is 0 Å². The van der Waals surface area contributed by atoms with E-state index in [9.17, 15) is 0 Å². The summed E-state index contributed by atoms with van der Waals surface area (Å²) in [5.41, 5.74) is 3.47. The first-order chi connectivity index (χ1) is 7.21. The summed E-state index contributed by atoms with van der Waals surface area (Å²) in [5.74, 6) is 5.41. The van der Waals surface area contributed by atoms with Gasteiger partial charge >= 0.3 is 0 Å². The average molecular weight is 215 g/mol. The molecule has 7 nitrogen and oxygen atoms in total. The molecule has 7 heteroatoms. The SMILES string of the molecule is COC(OC)C(Cc1cn(C)nn1)NN. The molecule has 1 rings (SSSR count). The predicted molar refractivity (Wildman–Crippen MR) is 53.6 cm³/mol. The highest BCUT2D eigenvalue weighted by Gasteiger charge is 2.21. The molecule has 3 N–H and O–H groups in total. The Kier molecular flexibility index (Phi) is 4.63. The lowest BCUT2D eigenvalue weighted by molar-refractivity contribution is -0.122. The molecule has 0 fully saturated rings. The fourth-order valence-corrected chi connectivity index (χ4v) is 1.37. The third-order valence-electron chi connectivity index (χ3n) is 2.09. The number of hydrogen-bond acceptors (Lipinski definition) is 6. The van der Waals surface area contributed by atoms with Gasteiger partial charge in [-0.1, -0.05) is 5.21 Å². The van der Waals surface area contributed by atoms with Gasteiger partial charge in [0.25, 0.3) is 0 Å². The van der Waals surface area contributed by atoms with Crippen LogP contribution in [0.3, 0.4) is 0 Å². The maximum absolute atomic E-state index is 5.41. The molecule has 0 radical (unpaired) electrons. The molecule has 15 heavy (non-hydrogen) atoms. The number of aryl methyl sites for hydroxylation is 1. The van der Waals surface area contributed by atoms with E-state index in [1.807, 2.05) is 13.2 Å². The van der Waals surface area contributed by atoms with Crippen LogP contribution < -0.4 is 11.3 Å². The lowest BCUT2D eigenvalue weighted by Crippen LogP contribution is -2.47. The normalized spacial score (nSPS) is 13.4. The number of nitrogens with one attached hydrogen (secondary N) is 1. The van der Waals surface area contributed by atoms with Crippen molar-refractivity contribution in [3.8, 4) is 0 Å². The number of rotatable bonds is 6. The molecular weight excluding hydrogens is 198 g/mol. The predicted octanol–water partition coefficient (Wildman–Crippen LogP) is -1.19. The van der Waals surface area contributed by atoms with Crippen molar-refractivity contribution in [2.24, 2.45) is 12.9 Å². The van der Waals surface area contributed by atoms with Crippen molar-refractivity contribution in [1.82, 2.24) is 20.4 Å². The average Bonchev–Trinajstić information content (AvgIpc) is 2.64. The number of nitrogens with zero attached hydrogens (tertiary/aromatic N) is 3. The Morgan fingerprint density at radius 3 is 2.60 bits per heavy atom. The molecule has 1 heterocycles. The highest BCUT2D eigenvalue weighted by Crippen LogP contribution is 2.05. The van der Waals surface area contributed by atoms with Crippen molar-refractivity contribution >= 4 is 0 Å². The van der Waals surface area contributed by atoms with E-state index in [2.05, 4.69) is 15.7 Å². The molecule has 1 aromatic rings. The number of aromatic nitrogens is 3. The summed E-state index contributed by atoms with van der Waals surface area (Å²) in [7, 11) is 4.94. The Balaban J connectivity index is 2.60. The molecule has 0 aliphatic rings. The molecule has 1 unspecified atom stereocenters. The first-order valence-electron chi connectivity index (χ1n) is 4.58. The van der Waals surface area contributed by atoms with E-state index < -0.39 is 6.29 Å². The van der Waals surface area contributed by atoms with E-state index in [1.165, 1.54) is 0 Å². The van der Waals surface area contributed by atoms with Gasteiger partial charge < -0.3 is 9.47 Å². The van der Waals surface area contributed by atoms with E-state index in [0.29, 0.717) is 6.42 Å². The maximum atomic E-state index is 5.41.